The molecular formula is C56H110P2+2. The van der Waals surface area contributed by atoms with Gasteiger partial charge in [0, 0.05) is 14.5 Å². The summed E-state index contributed by atoms with van der Waals surface area (Å²) in [5.74, 6) is 0. The molecule has 0 unspecified atom stereocenters. The Hall–Kier alpha value is 0.0800. The molecule has 0 nitrogen and oxygen atoms in total. The van der Waals surface area contributed by atoms with Crippen LogP contribution in [0.1, 0.15) is 284 Å². The Labute approximate surface area is 370 Å². The second-order valence-corrected chi connectivity index (χ2v) is 28.4. The molecule has 342 valence electrons. The zero-order chi connectivity index (χ0) is 42.1. The Kier molecular flexibility index (Phi) is 39.8. The minimum atomic E-state index is -1.01. The second kappa shape index (κ2) is 41.1. The van der Waals surface area contributed by atoms with Crippen LogP contribution in [0.3, 0.4) is 0 Å². The van der Waals surface area contributed by atoms with E-state index < -0.39 is 14.5 Å². The normalized spacial score (nSPS) is 12.2. The highest BCUT2D eigenvalue weighted by molar-refractivity contribution is 7.75. The zero-order valence-electron chi connectivity index (χ0n) is 41.3. The molecule has 0 saturated carbocycles. The summed E-state index contributed by atoms with van der Waals surface area (Å²) in [5.41, 5.74) is 3.43. The number of hydrogen-bond acceptors (Lipinski definition) is 0. The quantitative estimate of drug-likeness (QED) is 0.0453. The molecule has 0 saturated heterocycles. The molecule has 0 atom stereocenters. The minimum Gasteiger partial charge on any atom is -0.0654 e. The van der Waals surface area contributed by atoms with E-state index in [1.165, 1.54) is 243 Å². The average Bonchev–Trinajstić information content (AvgIpc) is 3.23. The van der Waals surface area contributed by atoms with Crippen molar-refractivity contribution in [3.63, 3.8) is 0 Å². The Balaban J connectivity index is 3.28. The lowest BCUT2D eigenvalue weighted by atomic mass is 10.1. The van der Waals surface area contributed by atoms with Gasteiger partial charge in [0.2, 0.25) is 0 Å². The third kappa shape index (κ3) is 31.0. The Morgan fingerprint density at radius 3 is 0.552 bits per heavy atom. The molecule has 0 amide bonds. The van der Waals surface area contributed by atoms with Crippen molar-refractivity contribution in [2.45, 2.75) is 285 Å². The van der Waals surface area contributed by atoms with Crippen LogP contribution in [-0.2, 0) is 12.3 Å². The van der Waals surface area contributed by atoms with Gasteiger partial charge in [0.25, 0.3) is 0 Å². The predicted octanol–water partition coefficient (Wildman–Crippen LogP) is 20.9. The SMILES string of the molecule is CCCCCCCC[P+](CCCCCCCC)(CCCCCCCC)Cc1ccc(C[P+](CCCCCCCC)(CCCCCCCC)CCCCCCCC)cc1. The van der Waals surface area contributed by atoms with Crippen LogP contribution in [0.2, 0.25) is 0 Å². The van der Waals surface area contributed by atoms with Crippen molar-refractivity contribution >= 4 is 14.5 Å². The number of hydrogen-bond donors (Lipinski definition) is 0. The maximum Gasteiger partial charge on any atom is 0.0842 e. The number of unbranched alkanes of at least 4 members (excludes halogenated alkanes) is 30. The van der Waals surface area contributed by atoms with Gasteiger partial charge in [-0.3, -0.25) is 0 Å². The highest BCUT2D eigenvalue weighted by Gasteiger charge is 2.38. The molecule has 0 aliphatic heterocycles. The Bertz CT molecular complexity index is 793. The van der Waals surface area contributed by atoms with Crippen LogP contribution in [0.4, 0.5) is 0 Å². The van der Waals surface area contributed by atoms with Gasteiger partial charge in [-0.05, 0) is 88.2 Å². The van der Waals surface area contributed by atoms with Crippen molar-refractivity contribution in [1.29, 1.82) is 0 Å². The zero-order valence-corrected chi connectivity index (χ0v) is 43.1. The monoisotopic (exact) mass is 845 g/mol. The highest BCUT2D eigenvalue weighted by atomic mass is 31.2. The topological polar surface area (TPSA) is 0 Å². The summed E-state index contributed by atoms with van der Waals surface area (Å²) >= 11 is 0. The lowest BCUT2D eigenvalue weighted by molar-refractivity contribution is 0.615. The largest absolute Gasteiger partial charge is 0.0842 e. The van der Waals surface area contributed by atoms with Gasteiger partial charge in [0.15, 0.2) is 0 Å². The molecule has 1 rings (SSSR count). The van der Waals surface area contributed by atoms with Crippen LogP contribution >= 0.6 is 14.5 Å². The van der Waals surface area contributed by atoms with Crippen molar-refractivity contribution in [1.82, 2.24) is 0 Å². The smallest absolute Gasteiger partial charge is 0.0654 e. The van der Waals surface area contributed by atoms with Gasteiger partial charge in [-0.2, -0.15) is 0 Å². The first-order valence-corrected chi connectivity index (χ1v) is 32.4. The summed E-state index contributed by atoms with van der Waals surface area (Å²) in [4.78, 5) is 0. The van der Waals surface area contributed by atoms with Crippen LogP contribution < -0.4 is 0 Å². The van der Waals surface area contributed by atoms with Crippen LogP contribution in [0.15, 0.2) is 24.3 Å². The van der Waals surface area contributed by atoms with Crippen molar-refractivity contribution < 1.29 is 0 Å². The Morgan fingerprint density at radius 2 is 0.379 bits per heavy atom. The molecule has 0 aliphatic rings. The summed E-state index contributed by atoms with van der Waals surface area (Å²) in [6, 6.07) is 10.7. The van der Waals surface area contributed by atoms with Gasteiger partial charge >= 0.3 is 0 Å². The van der Waals surface area contributed by atoms with Crippen LogP contribution in [0.25, 0.3) is 0 Å². The molecule has 0 bridgehead atoms. The van der Waals surface area contributed by atoms with Crippen LogP contribution in [-0.4, -0.2) is 37.0 Å². The summed E-state index contributed by atoms with van der Waals surface area (Å²) in [6.45, 7) is 14.2. The van der Waals surface area contributed by atoms with E-state index >= 15 is 0 Å². The van der Waals surface area contributed by atoms with E-state index in [1.54, 1.807) is 48.1 Å². The van der Waals surface area contributed by atoms with E-state index in [2.05, 4.69) is 65.8 Å². The summed E-state index contributed by atoms with van der Waals surface area (Å²) < 4.78 is 0. The molecule has 0 fully saturated rings. The molecule has 0 radical (unpaired) electrons. The van der Waals surface area contributed by atoms with Gasteiger partial charge < -0.3 is 0 Å². The molecule has 1 aromatic rings. The molecule has 0 aliphatic carbocycles. The second-order valence-electron chi connectivity index (χ2n) is 19.8. The van der Waals surface area contributed by atoms with E-state index in [0.717, 1.165) is 0 Å². The summed E-state index contributed by atoms with van der Waals surface area (Å²) in [5, 5.41) is 0. The van der Waals surface area contributed by atoms with Crippen LogP contribution in [0, 0.1) is 0 Å². The number of rotatable bonds is 46. The molecule has 0 spiro atoms. The van der Waals surface area contributed by atoms with Gasteiger partial charge in [0.05, 0.1) is 49.3 Å². The van der Waals surface area contributed by atoms with Crippen molar-refractivity contribution in [2.24, 2.45) is 0 Å². The van der Waals surface area contributed by atoms with Crippen molar-refractivity contribution in [3.05, 3.63) is 35.4 Å². The maximum absolute atomic E-state index is 2.68. The highest BCUT2D eigenvalue weighted by Crippen LogP contribution is 2.65. The van der Waals surface area contributed by atoms with Gasteiger partial charge in [-0.25, -0.2) is 0 Å². The lowest BCUT2D eigenvalue weighted by Gasteiger charge is -2.30. The summed E-state index contributed by atoms with van der Waals surface area (Å²) in [6.07, 6.45) is 64.6. The van der Waals surface area contributed by atoms with Gasteiger partial charge in [-0.1, -0.05) is 220 Å². The predicted molar refractivity (Wildman–Crippen MR) is 277 cm³/mol. The Morgan fingerprint density at radius 1 is 0.224 bits per heavy atom. The minimum absolute atomic E-state index is 1.01. The lowest BCUT2D eigenvalue weighted by Crippen LogP contribution is -2.13. The van der Waals surface area contributed by atoms with Gasteiger partial charge in [0.1, 0.15) is 0 Å². The molecule has 0 aromatic heterocycles. The molecule has 1 aromatic carbocycles. The van der Waals surface area contributed by atoms with Crippen LogP contribution in [0.5, 0.6) is 0 Å². The van der Waals surface area contributed by atoms with E-state index in [9.17, 15) is 0 Å². The third-order valence-corrected chi connectivity index (χ3v) is 23.6. The molecule has 2 heteroatoms. The molecule has 58 heavy (non-hydrogen) atoms. The fraction of sp³-hybridized carbons (Fsp3) is 0.893. The van der Waals surface area contributed by atoms with Crippen molar-refractivity contribution in [2.75, 3.05) is 37.0 Å². The maximum atomic E-state index is 2.68. The fourth-order valence-electron chi connectivity index (χ4n) is 10.0. The van der Waals surface area contributed by atoms with E-state index in [4.69, 9.17) is 0 Å². The van der Waals surface area contributed by atoms with E-state index in [-0.39, 0.29) is 0 Å². The fourth-order valence-corrected chi connectivity index (χ4v) is 19.7. The first-order valence-electron chi connectivity index (χ1n) is 27.3. The standard InChI is InChI=1S/C56H110P2/c1-7-13-19-25-31-37-47-57(48-38-32-26-20-14-8-2,49-39-33-27-21-15-9-3)53-55-43-45-56(46-44-55)54-58(50-40-34-28-22-16-10-4,51-41-35-29-23-17-11-5)52-42-36-30-24-18-12-6/h43-46H,7-42,47-54H2,1-6H3/q+2. The van der Waals surface area contributed by atoms with Gasteiger partial charge in [-0.15, -0.1) is 0 Å². The summed E-state index contributed by atoms with van der Waals surface area (Å²) in [7, 11) is -2.03. The first-order chi connectivity index (χ1) is 28.5. The molecule has 0 heterocycles. The molecular weight excluding hydrogens is 735 g/mol. The third-order valence-electron chi connectivity index (χ3n) is 14.0. The van der Waals surface area contributed by atoms with E-state index in [1.807, 2.05) is 0 Å². The van der Waals surface area contributed by atoms with E-state index in [0.29, 0.717) is 0 Å². The van der Waals surface area contributed by atoms with Crippen molar-refractivity contribution in [3.8, 4) is 0 Å². The number of benzene rings is 1. The molecule has 0 N–H and O–H groups in total. The average molecular weight is 845 g/mol. The first kappa shape index (κ1) is 56.1.